The molecule has 0 aromatic heterocycles. The van der Waals surface area contributed by atoms with Crippen LogP contribution in [0.2, 0.25) is 0 Å². The number of guanidine groups is 1. The van der Waals surface area contributed by atoms with Gasteiger partial charge in [-0.3, -0.25) is 4.99 Å². The Labute approximate surface area is 140 Å². The van der Waals surface area contributed by atoms with Gasteiger partial charge in [0.2, 0.25) is 0 Å². The van der Waals surface area contributed by atoms with Crippen molar-refractivity contribution in [3.63, 3.8) is 0 Å². The number of aliphatic imine (C=N–C) groups is 1. The Kier molecular flexibility index (Phi) is 9.33. The van der Waals surface area contributed by atoms with Crippen LogP contribution in [-0.4, -0.2) is 43.5 Å². The van der Waals surface area contributed by atoms with Crippen LogP contribution in [0.1, 0.15) is 39.3 Å². The molecule has 5 nitrogen and oxygen atoms in total. The Morgan fingerprint density at radius 2 is 1.87 bits per heavy atom. The lowest BCUT2D eigenvalue weighted by Crippen LogP contribution is -2.39. The molecule has 2 atom stereocenters. The first kappa shape index (κ1) is 19.5. The zero-order valence-electron chi connectivity index (χ0n) is 14.7. The summed E-state index contributed by atoms with van der Waals surface area (Å²) in [7, 11) is 0. The molecule has 1 rings (SSSR count). The molecule has 23 heavy (non-hydrogen) atoms. The van der Waals surface area contributed by atoms with E-state index in [9.17, 15) is 5.11 Å². The lowest BCUT2D eigenvalue weighted by molar-refractivity contribution is 0.0301. The average Bonchev–Trinajstić information content (AvgIpc) is 2.53. The molecule has 0 saturated heterocycles. The number of aliphatic hydroxyl groups is 1. The van der Waals surface area contributed by atoms with Gasteiger partial charge in [-0.1, -0.05) is 44.2 Å². The highest BCUT2D eigenvalue weighted by atomic mass is 16.5. The van der Waals surface area contributed by atoms with Crippen molar-refractivity contribution in [2.24, 2.45) is 10.9 Å². The first-order valence-corrected chi connectivity index (χ1v) is 8.38. The van der Waals surface area contributed by atoms with E-state index in [2.05, 4.69) is 48.5 Å². The molecule has 0 aliphatic heterocycles. The van der Waals surface area contributed by atoms with E-state index in [1.54, 1.807) is 0 Å². The van der Waals surface area contributed by atoms with Crippen molar-refractivity contribution in [3.05, 3.63) is 35.9 Å². The summed E-state index contributed by atoms with van der Waals surface area (Å²) in [4.78, 5) is 4.44. The van der Waals surface area contributed by atoms with Crippen molar-refractivity contribution in [1.82, 2.24) is 10.6 Å². The van der Waals surface area contributed by atoms with Gasteiger partial charge in [0, 0.05) is 13.2 Å². The molecule has 1 aromatic rings. The van der Waals surface area contributed by atoms with Gasteiger partial charge in [-0.25, -0.2) is 0 Å². The molecule has 5 heteroatoms. The Morgan fingerprint density at radius 3 is 2.48 bits per heavy atom. The van der Waals surface area contributed by atoms with Crippen LogP contribution in [0.3, 0.4) is 0 Å². The Balaban J connectivity index is 2.49. The fraction of sp³-hybridized carbons (Fsp3) is 0.611. The van der Waals surface area contributed by atoms with Crippen molar-refractivity contribution >= 4 is 5.96 Å². The number of hydrogen-bond acceptors (Lipinski definition) is 3. The highest BCUT2D eigenvalue weighted by Gasteiger charge is 2.09. The van der Waals surface area contributed by atoms with Crippen LogP contribution in [0, 0.1) is 5.92 Å². The third-order valence-electron chi connectivity index (χ3n) is 3.22. The maximum atomic E-state index is 9.94. The third kappa shape index (κ3) is 8.57. The summed E-state index contributed by atoms with van der Waals surface area (Å²) in [5, 5.41) is 16.5. The first-order chi connectivity index (χ1) is 11.0. The summed E-state index contributed by atoms with van der Waals surface area (Å²) < 4.78 is 5.44. The minimum absolute atomic E-state index is 0.142. The highest BCUT2D eigenvalue weighted by Crippen LogP contribution is 2.10. The second-order valence-electron chi connectivity index (χ2n) is 6.08. The number of rotatable bonds is 9. The van der Waals surface area contributed by atoms with Crippen molar-refractivity contribution in [1.29, 1.82) is 0 Å². The summed E-state index contributed by atoms with van der Waals surface area (Å²) in [6.07, 6.45) is -0.587. The molecule has 0 aliphatic rings. The van der Waals surface area contributed by atoms with E-state index >= 15 is 0 Å². The Hall–Kier alpha value is -1.59. The first-order valence-electron chi connectivity index (χ1n) is 8.38. The summed E-state index contributed by atoms with van der Waals surface area (Å²) >= 11 is 0. The number of aliphatic hydroxyl groups excluding tert-OH is 1. The van der Waals surface area contributed by atoms with Gasteiger partial charge in [0.05, 0.1) is 25.3 Å². The molecule has 0 spiro atoms. The standard InChI is InChI=1S/C18H31N3O2/c1-5-19-18(20-11-17(22)13-23-12-14(2)3)21-15(4)16-9-7-6-8-10-16/h6-10,14-15,17,22H,5,11-13H2,1-4H3,(H2,19,20,21). The van der Waals surface area contributed by atoms with Gasteiger partial charge < -0.3 is 20.5 Å². The molecule has 2 unspecified atom stereocenters. The van der Waals surface area contributed by atoms with Gasteiger partial charge in [0.1, 0.15) is 0 Å². The van der Waals surface area contributed by atoms with Crippen LogP contribution in [0.25, 0.3) is 0 Å². The Bertz CT molecular complexity index is 449. The summed E-state index contributed by atoms with van der Waals surface area (Å²) in [6, 6.07) is 10.3. The van der Waals surface area contributed by atoms with Crippen molar-refractivity contribution < 1.29 is 9.84 Å². The molecule has 0 aliphatic carbocycles. The second kappa shape index (κ2) is 11.0. The van der Waals surface area contributed by atoms with Crippen LogP contribution in [0.5, 0.6) is 0 Å². The number of benzene rings is 1. The SMILES string of the molecule is CCNC(=NCC(O)COCC(C)C)NC(C)c1ccccc1. The summed E-state index contributed by atoms with van der Waals surface area (Å²) in [5.74, 6) is 1.17. The normalized spacial score (nSPS) is 14.6. The largest absolute Gasteiger partial charge is 0.389 e. The van der Waals surface area contributed by atoms with Crippen LogP contribution >= 0.6 is 0 Å². The predicted octanol–water partition coefficient (Wildman–Crippen LogP) is 2.34. The highest BCUT2D eigenvalue weighted by molar-refractivity contribution is 5.80. The fourth-order valence-electron chi connectivity index (χ4n) is 2.04. The van der Waals surface area contributed by atoms with E-state index in [4.69, 9.17) is 4.74 Å². The van der Waals surface area contributed by atoms with E-state index < -0.39 is 6.10 Å². The molecule has 1 aromatic carbocycles. The molecule has 3 N–H and O–H groups in total. The average molecular weight is 321 g/mol. The number of hydrogen-bond donors (Lipinski definition) is 3. The van der Waals surface area contributed by atoms with Crippen LogP contribution < -0.4 is 10.6 Å². The molecular formula is C18H31N3O2. The molecule has 0 amide bonds. The van der Waals surface area contributed by atoms with Crippen LogP contribution in [-0.2, 0) is 4.74 Å². The zero-order valence-corrected chi connectivity index (χ0v) is 14.7. The molecule has 0 radical (unpaired) electrons. The quantitative estimate of drug-likeness (QED) is 0.482. The van der Waals surface area contributed by atoms with Crippen LogP contribution in [0.15, 0.2) is 35.3 Å². The monoisotopic (exact) mass is 321 g/mol. The molecule has 0 saturated carbocycles. The lowest BCUT2D eigenvalue weighted by atomic mass is 10.1. The van der Waals surface area contributed by atoms with Crippen LogP contribution in [0.4, 0.5) is 0 Å². The molecule has 0 bridgehead atoms. The van der Waals surface area contributed by atoms with Gasteiger partial charge in [0.25, 0.3) is 0 Å². The number of nitrogens with zero attached hydrogens (tertiary/aromatic N) is 1. The van der Waals surface area contributed by atoms with E-state index in [0.29, 0.717) is 31.6 Å². The molecule has 0 heterocycles. The fourth-order valence-corrected chi connectivity index (χ4v) is 2.04. The van der Waals surface area contributed by atoms with Gasteiger partial charge in [-0.2, -0.15) is 0 Å². The van der Waals surface area contributed by atoms with Gasteiger partial charge in [-0.15, -0.1) is 0 Å². The van der Waals surface area contributed by atoms with Crippen molar-refractivity contribution in [3.8, 4) is 0 Å². The van der Waals surface area contributed by atoms with Crippen molar-refractivity contribution in [2.75, 3.05) is 26.3 Å². The second-order valence-corrected chi connectivity index (χ2v) is 6.08. The maximum Gasteiger partial charge on any atom is 0.191 e. The minimum atomic E-state index is -0.587. The van der Waals surface area contributed by atoms with E-state index in [1.165, 1.54) is 5.56 Å². The molecular weight excluding hydrogens is 290 g/mol. The van der Waals surface area contributed by atoms with E-state index in [0.717, 1.165) is 6.54 Å². The van der Waals surface area contributed by atoms with E-state index in [-0.39, 0.29) is 6.04 Å². The minimum Gasteiger partial charge on any atom is -0.389 e. The van der Waals surface area contributed by atoms with Gasteiger partial charge in [0.15, 0.2) is 5.96 Å². The summed E-state index contributed by atoms with van der Waals surface area (Å²) in [6.45, 7) is 10.3. The van der Waals surface area contributed by atoms with Gasteiger partial charge >= 0.3 is 0 Å². The topological polar surface area (TPSA) is 65.9 Å². The molecule has 130 valence electrons. The van der Waals surface area contributed by atoms with E-state index in [1.807, 2.05) is 25.1 Å². The van der Waals surface area contributed by atoms with Gasteiger partial charge in [-0.05, 0) is 25.3 Å². The molecule has 0 fully saturated rings. The Morgan fingerprint density at radius 1 is 1.17 bits per heavy atom. The zero-order chi connectivity index (χ0) is 17.1. The lowest BCUT2D eigenvalue weighted by Gasteiger charge is -2.19. The number of ether oxygens (including phenoxy) is 1. The maximum absolute atomic E-state index is 9.94. The smallest absolute Gasteiger partial charge is 0.191 e. The summed E-state index contributed by atoms with van der Waals surface area (Å²) in [5.41, 5.74) is 1.19. The number of nitrogens with one attached hydrogen (secondary N) is 2. The third-order valence-corrected chi connectivity index (χ3v) is 3.22. The predicted molar refractivity (Wildman–Crippen MR) is 95.6 cm³/mol. The van der Waals surface area contributed by atoms with Crippen molar-refractivity contribution in [2.45, 2.75) is 39.8 Å².